The molecular formula is C23H29ClN2O3S. The summed E-state index contributed by atoms with van der Waals surface area (Å²) in [7, 11) is -3.57. The Labute approximate surface area is 184 Å². The molecule has 1 amide bonds. The van der Waals surface area contributed by atoms with Gasteiger partial charge in [-0.2, -0.15) is 4.31 Å². The molecule has 0 unspecified atom stereocenters. The zero-order valence-corrected chi connectivity index (χ0v) is 19.0. The number of amides is 1. The Kier molecular flexibility index (Phi) is 7.55. The van der Waals surface area contributed by atoms with Crippen molar-refractivity contribution in [2.45, 2.75) is 44.0 Å². The highest BCUT2D eigenvalue weighted by Gasteiger charge is 2.32. The molecule has 1 atom stereocenters. The predicted octanol–water partition coefficient (Wildman–Crippen LogP) is 4.64. The molecule has 1 heterocycles. The fourth-order valence-electron chi connectivity index (χ4n) is 3.84. The van der Waals surface area contributed by atoms with Crippen LogP contribution in [0.1, 0.15) is 44.7 Å². The molecule has 7 heteroatoms. The smallest absolute Gasteiger partial charge is 0.243 e. The number of sulfonamides is 1. The minimum atomic E-state index is -3.57. The molecule has 1 aliphatic rings. The molecule has 0 radical (unpaired) electrons. The SMILES string of the molecule is CC(C)C[C@H](NC(=O)C1CCN(S(=O)(=O)c2ccc(Cl)cc2)CC1)c1ccccc1. The largest absolute Gasteiger partial charge is 0.349 e. The van der Waals surface area contributed by atoms with Crippen LogP contribution in [0.2, 0.25) is 5.02 Å². The van der Waals surface area contributed by atoms with Crippen LogP contribution in [0.5, 0.6) is 0 Å². The van der Waals surface area contributed by atoms with Gasteiger partial charge in [0.15, 0.2) is 0 Å². The maximum absolute atomic E-state index is 12.9. The van der Waals surface area contributed by atoms with Gasteiger partial charge in [0, 0.05) is 24.0 Å². The second-order valence-corrected chi connectivity index (χ2v) is 10.6. The topological polar surface area (TPSA) is 66.5 Å². The van der Waals surface area contributed by atoms with Gasteiger partial charge < -0.3 is 5.32 Å². The van der Waals surface area contributed by atoms with Crippen molar-refractivity contribution in [1.82, 2.24) is 9.62 Å². The second kappa shape index (κ2) is 9.94. The van der Waals surface area contributed by atoms with Gasteiger partial charge in [-0.3, -0.25) is 4.79 Å². The lowest BCUT2D eigenvalue weighted by molar-refractivity contribution is -0.127. The lowest BCUT2D eigenvalue weighted by Gasteiger charge is -2.32. The standard InChI is InChI=1S/C23H29ClN2O3S/c1-17(2)16-22(18-6-4-3-5-7-18)25-23(27)19-12-14-26(15-13-19)30(28,29)21-10-8-20(24)9-11-21/h3-11,17,19,22H,12-16H2,1-2H3,(H,25,27)/t22-/m0/s1. The van der Waals surface area contributed by atoms with Crippen molar-refractivity contribution in [1.29, 1.82) is 0 Å². The summed E-state index contributed by atoms with van der Waals surface area (Å²) in [5.74, 6) is 0.273. The second-order valence-electron chi connectivity index (χ2n) is 8.23. The summed E-state index contributed by atoms with van der Waals surface area (Å²) in [6, 6.07) is 16.2. The average molecular weight is 449 g/mol. The number of nitrogens with one attached hydrogen (secondary N) is 1. The Hall–Kier alpha value is -1.89. The summed E-state index contributed by atoms with van der Waals surface area (Å²) in [5.41, 5.74) is 1.10. The Bertz CT molecular complexity index is 938. The van der Waals surface area contributed by atoms with Crippen molar-refractivity contribution in [2.24, 2.45) is 11.8 Å². The maximum atomic E-state index is 12.9. The van der Waals surface area contributed by atoms with E-state index < -0.39 is 10.0 Å². The van der Waals surface area contributed by atoms with Gasteiger partial charge in [-0.05, 0) is 55.0 Å². The molecule has 0 saturated carbocycles. The molecule has 0 aliphatic carbocycles. The Balaban J connectivity index is 1.62. The number of hydrogen-bond acceptors (Lipinski definition) is 3. The van der Waals surface area contributed by atoms with Crippen LogP contribution < -0.4 is 5.32 Å². The zero-order valence-electron chi connectivity index (χ0n) is 17.4. The average Bonchev–Trinajstić information content (AvgIpc) is 2.74. The van der Waals surface area contributed by atoms with E-state index in [-0.39, 0.29) is 22.8 Å². The predicted molar refractivity (Wildman–Crippen MR) is 120 cm³/mol. The molecule has 1 aliphatic heterocycles. The van der Waals surface area contributed by atoms with Crippen LogP contribution in [0.25, 0.3) is 0 Å². The van der Waals surface area contributed by atoms with E-state index in [2.05, 4.69) is 19.2 Å². The number of carbonyl (C=O) groups excluding carboxylic acids is 1. The molecular weight excluding hydrogens is 420 g/mol. The number of hydrogen-bond donors (Lipinski definition) is 1. The van der Waals surface area contributed by atoms with Crippen molar-refractivity contribution >= 4 is 27.5 Å². The van der Waals surface area contributed by atoms with Crippen LogP contribution in [-0.2, 0) is 14.8 Å². The summed E-state index contributed by atoms with van der Waals surface area (Å²) >= 11 is 5.87. The number of benzene rings is 2. The molecule has 5 nitrogen and oxygen atoms in total. The Morgan fingerprint density at radius 3 is 2.23 bits per heavy atom. The molecule has 3 rings (SSSR count). The van der Waals surface area contributed by atoms with Gasteiger partial charge in [-0.1, -0.05) is 55.8 Å². The van der Waals surface area contributed by atoms with Gasteiger partial charge in [-0.15, -0.1) is 0 Å². The molecule has 1 N–H and O–H groups in total. The minimum absolute atomic E-state index is 0.00745. The highest BCUT2D eigenvalue weighted by atomic mass is 35.5. The minimum Gasteiger partial charge on any atom is -0.349 e. The number of piperidine rings is 1. The molecule has 1 fully saturated rings. The third-order valence-corrected chi connectivity index (χ3v) is 7.67. The van der Waals surface area contributed by atoms with E-state index in [0.717, 1.165) is 12.0 Å². The van der Waals surface area contributed by atoms with Crippen molar-refractivity contribution in [3.8, 4) is 0 Å². The van der Waals surface area contributed by atoms with Crippen molar-refractivity contribution in [3.63, 3.8) is 0 Å². The van der Waals surface area contributed by atoms with Crippen molar-refractivity contribution < 1.29 is 13.2 Å². The van der Waals surface area contributed by atoms with Crippen molar-refractivity contribution in [2.75, 3.05) is 13.1 Å². The summed E-state index contributed by atoms with van der Waals surface area (Å²) in [5, 5.41) is 3.70. The molecule has 2 aromatic carbocycles. The molecule has 2 aromatic rings. The molecule has 0 bridgehead atoms. The number of rotatable bonds is 7. The van der Waals surface area contributed by atoms with E-state index in [0.29, 0.717) is 36.9 Å². The van der Waals surface area contributed by atoms with Crippen LogP contribution in [0.3, 0.4) is 0 Å². The number of halogens is 1. The fraction of sp³-hybridized carbons (Fsp3) is 0.435. The van der Waals surface area contributed by atoms with Crippen LogP contribution in [0.4, 0.5) is 0 Å². The van der Waals surface area contributed by atoms with Gasteiger partial charge in [0.2, 0.25) is 15.9 Å². The number of nitrogens with zero attached hydrogens (tertiary/aromatic N) is 1. The lowest BCUT2D eigenvalue weighted by atomic mass is 9.93. The molecule has 0 aromatic heterocycles. The summed E-state index contributed by atoms with van der Waals surface area (Å²) in [6.45, 7) is 4.96. The van der Waals surface area contributed by atoms with Gasteiger partial charge in [0.25, 0.3) is 0 Å². The first-order valence-electron chi connectivity index (χ1n) is 10.4. The lowest BCUT2D eigenvalue weighted by Crippen LogP contribution is -2.43. The van der Waals surface area contributed by atoms with E-state index in [1.165, 1.54) is 16.4 Å². The molecule has 1 saturated heterocycles. The van der Waals surface area contributed by atoms with E-state index in [9.17, 15) is 13.2 Å². The van der Waals surface area contributed by atoms with E-state index >= 15 is 0 Å². The van der Waals surface area contributed by atoms with Crippen LogP contribution in [0.15, 0.2) is 59.5 Å². The van der Waals surface area contributed by atoms with Gasteiger partial charge in [-0.25, -0.2) is 8.42 Å². The first-order valence-corrected chi connectivity index (χ1v) is 12.2. The Morgan fingerprint density at radius 1 is 1.07 bits per heavy atom. The van der Waals surface area contributed by atoms with Crippen LogP contribution >= 0.6 is 11.6 Å². The van der Waals surface area contributed by atoms with Crippen molar-refractivity contribution in [3.05, 3.63) is 65.2 Å². The maximum Gasteiger partial charge on any atom is 0.243 e. The summed E-state index contributed by atoms with van der Waals surface area (Å²) in [6.07, 6.45) is 1.89. The number of carbonyl (C=O) groups is 1. The highest BCUT2D eigenvalue weighted by molar-refractivity contribution is 7.89. The van der Waals surface area contributed by atoms with E-state index in [4.69, 9.17) is 11.6 Å². The third kappa shape index (κ3) is 5.62. The first kappa shape index (κ1) is 22.8. The summed E-state index contributed by atoms with van der Waals surface area (Å²) in [4.78, 5) is 13.2. The molecule has 162 valence electrons. The van der Waals surface area contributed by atoms with E-state index in [1.807, 2.05) is 30.3 Å². The summed E-state index contributed by atoms with van der Waals surface area (Å²) < 4.78 is 27.1. The van der Waals surface area contributed by atoms with Crippen LogP contribution in [-0.4, -0.2) is 31.7 Å². The fourth-order valence-corrected chi connectivity index (χ4v) is 5.43. The zero-order chi connectivity index (χ0) is 21.7. The first-order chi connectivity index (χ1) is 14.3. The molecule has 0 spiro atoms. The molecule has 30 heavy (non-hydrogen) atoms. The third-order valence-electron chi connectivity index (χ3n) is 5.50. The normalized spacial score (nSPS) is 17.1. The van der Waals surface area contributed by atoms with E-state index in [1.54, 1.807) is 12.1 Å². The van der Waals surface area contributed by atoms with Gasteiger partial charge in [0.1, 0.15) is 0 Å². The van der Waals surface area contributed by atoms with Gasteiger partial charge >= 0.3 is 0 Å². The van der Waals surface area contributed by atoms with Crippen LogP contribution in [0, 0.1) is 11.8 Å². The highest BCUT2D eigenvalue weighted by Crippen LogP contribution is 2.27. The Morgan fingerprint density at radius 2 is 1.67 bits per heavy atom. The quantitative estimate of drug-likeness (QED) is 0.670. The monoisotopic (exact) mass is 448 g/mol. The van der Waals surface area contributed by atoms with Gasteiger partial charge in [0.05, 0.1) is 10.9 Å².